The van der Waals surface area contributed by atoms with Gasteiger partial charge in [0.1, 0.15) is 5.75 Å². The fourth-order valence-corrected chi connectivity index (χ4v) is 3.35. The van der Waals surface area contributed by atoms with Gasteiger partial charge in [0.25, 0.3) is 0 Å². The molecule has 1 aromatic carbocycles. The van der Waals surface area contributed by atoms with Gasteiger partial charge in [0.15, 0.2) is 5.13 Å². The number of aromatic nitrogens is 1. The van der Waals surface area contributed by atoms with Crippen molar-refractivity contribution in [3.8, 4) is 17.0 Å². The summed E-state index contributed by atoms with van der Waals surface area (Å²) in [6.07, 6.45) is 3.36. The summed E-state index contributed by atoms with van der Waals surface area (Å²) in [5, 5.41) is 4.32. The molecule has 0 aliphatic rings. The second-order valence-corrected chi connectivity index (χ2v) is 6.90. The summed E-state index contributed by atoms with van der Waals surface area (Å²) in [5.74, 6) is 0.743. The molecule has 2 rings (SSSR count). The lowest BCUT2D eigenvalue weighted by Gasteiger charge is -2.04. The lowest BCUT2D eigenvalue weighted by molar-refractivity contribution is -0.140. The van der Waals surface area contributed by atoms with Crippen molar-refractivity contribution >= 4 is 22.4 Å². The van der Waals surface area contributed by atoms with Crippen molar-refractivity contribution in [1.29, 1.82) is 0 Å². The SMILES string of the molecule is CCOc1ccc(-c2nc(NCCCCCC(=O)OC)sc2C)cc1. The van der Waals surface area contributed by atoms with Gasteiger partial charge >= 0.3 is 5.97 Å². The number of anilines is 1. The lowest BCUT2D eigenvalue weighted by atomic mass is 10.1. The van der Waals surface area contributed by atoms with Gasteiger partial charge in [-0.25, -0.2) is 4.98 Å². The fraction of sp³-hybridized carbons (Fsp3) is 0.474. The molecule has 0 fully saturated rings. The number of nitrogens with zero attached hydrogens (tertiary/aromatic N) is 1. The number of rotatable bonds is 10. The Morgan fingerprint density at radius 3 is 2.64 bits per heavy atom. The highest BCUT2D eigenvalue weighted by Crippen LogP contribution is 2.31. The van der Waals surface area contributed by atoms with Crippen molar-refractivity contribution < 1.29 is 14.3 Å². The number of carbonyl (C=O) groups excluding carboxylic acids is 1. The molecule has 2 aromatic rings. The van der Waals surface area contributed by atoms with Gasteiger partial charge in [-0.1, -0.05) is 6.42 Å². The molecule has 0 amide bonds. The van der Waals surface area contributed by atoms with Gasteiger partial charge in [-0.05, 0) is 51.0 Å². The molecular weight excluding hydrogens is 336 g/mol. The average molecular weight is 362 g/mol. The van der Waals surface area contributed by atoms with E-state index >= 15 is 0 Å². The molecule has 0 bridgehead atoms. The number of thiazole rings is 1. The first-order valence-corrected chi connectivity index (χ1v) is 9.47. The van der Waals surface area contributed by atoms with Crippen LogP contribution < -0.4 is 10.1 Å². The van der Waals surface area contributed by atoms with E-state index in [1.807, 2.05) is 31.2 Å². The molecule has 0 saturated heterocycles. The van der Waals surface area contributed by atoms with Gasteiger partial charge in [0.05, 0.1) is 19.4 Å². The summed E-state index contributed by atoms with van der Waals surface area (Å²) < 4.78 is 10.1. The third-order valence-corrected chi connectivity index (χ3v) is 4.73. The molecule has 0 saturated carbocycles. The normalized spacial score (nSPS) is 10.5. The zero-order chi connectivity index (χ0) is 18.1. The van der Waals surface area contributed by atoms with Crippen LogP contribution in [-0.2, 0) is 9.53 Å². The molecule has 0 unspecified atom stereocenters. The molecule has 1 aromatic heterocycles. The van der Waals surface area contributed by atoms with Gasteiger partial charge in [0, 0.05) is 23.4 Å². The number of aryl methyl sites for hydroxylation is 1. The summed E-state index contributed by atoms with van der Waals surface area (Å²) in [7, 11) is 1.43. The van der Waals surface area contributed by atoms with Gasteiger partial charge in [-0.3, -0.25) is 4.79 Å². The van der Waals surface area contributed by atoms with Gasteiger partial charge in [0.2, 0.25) is 0 Å². The van der Waals surface area contributed by atoms with E-state index in [0.29, 0.717) is 13.0 Å². The van der Waals surface area contributed by atoms with E-state index in [0.717, 1.165) is 47.9 Å². The predicted molar refractivity (Wildman–Crippen MR) is 102 cm³/mol. The van der Waals surface area contributed by atoms with Crippen molar-refractivity contribution in [2.75, 3.05) is 25.6 Å². The molecule has 6 heteroatoms. The summed E-state index contributed by atoms with van der Waals surface area (Å²) in [5.41, 5.74) is 2.12. The number of unbranched alkanes of at least 4 members (excludes halogenated alkanes) is 2. The number of hydrogen-bond donors (Lipinski definition) is 1. The third-order valence-electron chi connectivity index (χ3n) is 3.80. The molecule has 25 heavy (non-hydrogen) atoms. The Labute approximate surface area is 153 Å². The Morgan fingerprint density at radius 2 is 1.96 bits per heavy atom. The number of esters is 1. The van der Waals surface area contributed by atoms with Crippen molar-refractivity contribution in [1.82, 2.24) is 4.98 Å². The molecule has 0 atom stereocenters. The molecule has 1 heterocycles. The quantitative estimate of drug-likeness (QED) is 0.492. The average Bonchev–Trinajstić information content (AvgIpc) is 2.99. The monoisotopic (exact) mass is 362 g/mol. The zero-order valence-electron chi connectivity index (χ0n) is 15.1. The number of ether oxygens (including phenoxy) is 2. The minimum Gasteiger partial charge on any atom is -0.494 e. The second-order valence-electron chi connectivity index (χ2n) is 5.69. The van der Waals surface area contributed by atoms with Crippen molar-refractivity contribution in [3.63, 3.8) is 0 Å². The maximum Gasteiger partial charge on any atom is 0.305 e. The molecule has 0 aliphatic carbocycles. The van der Waals surface area contributed by atoms with Crippen LogP contribution in [0.5, 0.6) is 5.75 Å². The van der Waals surface area contributed by atoms with E-state index < -0.39 is 0 Å². The van der Waals surface area contributed by atoms with Crippen LogP contribution in [0.15, 0.2) is 24.3 Å². The fourth-order valence-electron chi connectivity index (χ4n) is 2.48. The van der Waals surface area contributed by atoms with Crippen LogP contribution in [0.1, 0.15) is 37.5 Å². The summed E-state index contributed by atoms with van der Waals surface area (Å²) in [6.45, 7) is 5.59. The lowest BCUT2D eigenvalue weighted by Crippen LogP contribution is -2.03. The molecule has 1 N–H and O–H groups in total. The molecule has 0 radical (unpaired) electrons. The molecular formula is C19H26N2O3S. The van der Waals surface area contributed by atoms with Crippen molar-refractivity contribution in [3.05, 3.63) is 29.1 Å². The molecule has 5 nitrogen and oxygen atoms in total. The van der Waals surface area contributed by atoms with Crippen LogP contribution >= 0.6 is 11.3 Å². The highest BCUT2D eigenvalue weighted by molar-refractivity contribution is 7.16. The Balaban J connectivity index is 1.82. The van der Waals surface area contributed by atoms with Crippen molar-refractivity contribution in [2.24, 2.45) is 0 Å². The number of carbonyl (C=O) groups is 1. The van der Waals surface area contributed by atoms with Crippen LogP contribution in [0.3, 0.4) is 0 Å². The van der Waals surface area contributed by atoms with E-state index in [9.17, 15) is 4.79 Å². The Hall–Kier alpha value is -2.08. The Bertz CT molecular complexity index is 668. The van der Waals surface area contributed by atoms with E-state index in [1.165, 1.54) is 12.0 Å². The van der Waals surface area contributed by atoms with Crippen LogP contribution in [0.2, 0.25) is 0 Å². The number of hydrogen-bond acceptors (Lipinski definition) is 6. The molecule has 136 valence electrons. The highest BCUT2D eigenvalue weighted by Gasteiger charge is 2.10. The molecule has 0 aliphatic heterocycles. The zero-order valence-corrected chi connectivity index (χ0v) is 15.9. The minimum atomic E-state index is -0.136. The van der Waals surface area contributed by atoms with E-state index in [4.69, 9.17) is 9.72 Å². The first-order valence-electron chi connectivity index (χ1n) is 8.65. The smallest absolute Gasteiger partial charge is 0.305 e. The largest absolute Gasteiger partial charge is 0.494 e. The summed E-state index contributed by atoms with van der Waals surface area (Å²) in [4.78, 5) is 16.9. The van der Waals surface area contributed by atoms with Crippen LogP contribution in [0.4, 0.5) is 5.13 Å². The Kier molecular flexibility index (Phi) is 7.73. The maximum atomic E-state index is 11.0. The van der Waals surface area contributed by atoms with Gasteiger partial charge < -0.3 is 14.8 Å². The topological polar surface area (TPSA) is 60.5 Å². The maximum absolute atomic E-state index is 11.0. The van der Waals surface area contributed by atoms with E-state index in [2.05, 4.69) is 17.0 Å². The van der Waals surface area contributed by atoms with E-state index in [1.54, 1.807) is 11.3 Å². The third kappa shape index (κ3) is 6.05. The van der Waals surface area contributed by atoms with Gasteiger partial charge in [-0.15, -0.1) is 11.3 Å². The van der Waals surface area contributed by atoms with Gasteiger partial charge in [-0.2, -0.15) is 0 Å². The number of nitrogens with one attached hydrogen (secondary N) is 1. The highest BCUT2D eigenvalue weighted by atomic mass is 32.1. The first kappa shape index (κ1) is 19.2. The molecule has 0 spiro atoms. The van der Waals surface area contributed by atoms with Crippen molar-refractivity contribution in [2.45, 2.75) is 39.5 Å². The van der Waals surface area contributed by atoms with E-state index in [-0.39, 0.29) is 5.97 Å². The Morgan fingerprint density at radius 1 is 1.20 bits per heavy atom. The first-order chi connectivity index (χ1) is 12.1. The second kappa shape index (κ2) is 10.0. The summed E-state index contributed by atoms with van der Waals surface area (Å²) >= 11 is 1.67. The number of methoxy groups -OCH3 is 1. The van der Waals surface area contributed by atoms with Crippen LogP contribution in [0.25, 0.3) is 11.3 Å². The minimum absolute atomic E-state index is 0.136. The van der Waals surface area contributed by atoms with Crippen LogP contribution in [0, 0.1) is 6.92 Å². The number of benzene rings is 1. The predicted octanol–water partition coefficient (Wildman–Crippen LogP) is 4.66. The van der Waals surface area contributed by atoms with Crippen LogP contribution in [-0.4, -0.2) is 31.2 Å². The standard InChI is InChI=1S/C19H26N2O3S/c1-4-24-16-11-9-15(10-12-16)18-14(2)25-19(21-18)20-13-7-5-6-8-17(22)23-3/h9-12H,4-8,13H2,1-3H3,(H,20,21). The summed E-state index contributed by atoms with van der Waals surface area (Å²) in [6, 6.07) is 8.05.